The zero-order valence-corrected chi connectivity index (χ0v) is 10.1. The molecule has 0 unspecified atom stereocenters. The van der Waals surface area contributed by atoms with Gasteiger partial charge in [-0.15, -0.1) is 0 Å². The first-order valence-electron chi connectivity index (χ1n) is 5.63. The quantitative estimate of drug-likeness (QED) is 0.814. The first kappa shape index (κ1) is 12.4. The molecule has 2 rings (SSSR count). The van der Waals surface area contributed by atoms with Crippen LogP contribution >= 0.6 is 0 Å². The Bertz CT molecular complexity index is 487. The number of aryl methyl sites for hydroxylation is 1. The summed E-state index contributed by atoms with van der Waals surface area (Å²) in [6, 6.07) is 4.75. The Morgan fingerprint density at radius 1 is 1.50 bits per heavy atom. The van der Waals surface area contributed by atoms with Gasteiger partial charge in [0.15, 0.2) is 0 Å². The summed E-state index contributed by atoms with van der Waals surface area (Å²) in [4.78, 5) is 24.1. The monoisotopic (exact) mass is 249 g/mol. The molecule has 0 saturated carbocycles. The molecule has 1 fully saturated rings. The largest absolute Gasteiger partial charge is 0.370 e. The van der Waals surface area contributed by atoms with Gasteiger partial charge in [-0.05, 0) is 30.7 Å². The number of benzene rings is 1. The number of nitrogens with one attached hydrogen (secondary N) is 1. The molecule has 1 aromatic rings. The van der Waals surface area contributed by atoms with Crippen molar-refractivity contribution in [1.82, 2.24) is 0 Å². The summed E-state index contributed by atoms with van der Waals surface area (Å²) in [5.74, 6) is -0.0590. The van der Waals surface area contributed by atoms with Crippen molar-refractivity contribution in [3.63, 3.8) is 0 Å². The number of urea groups is 1. The highest BCUT2D eigenvalue weighted by Crippen LogP contribution is 2.23. The molecule has 3 amide bonds. The fourth-order valence-electron chi connectivity index (χ4n) is 1.88. The van der Waals surface area contributed by atoms with Gasteiger partial charge in [0.2, 0.25) is 0 Å². The Labute approximate surface area is 105 Å². The highest BCUT2D eigenvalue weighted by molar-refractivity contribution is 5.95. The molecule has 0 atom stereocenters. The van der Waals surface area contributed by atoms with Crippen molar-refractivity contribution in [2.24, 2.45) is 5.73 Å². The number of anilines is 2. The molecule has 6 nitrogen and oxygen atoms in total. The number of carbonyl (C=O) groups is 2. The van der Waals surface area contributed by atoms with Gasteiger partial charge >= 0.3 is 6.03 Å². The Balaban J connectivity index is 2.22. The summed E-state index contributed by atoms with van der Waals surface area (Å²) < 4.78 is 5.08. The molecule has 96 valence electrons. The van der Waals surface area contributed by atoms with E-state index in [4.69, 9.17) is 10.5 Å². The SMILES string of the molecule is Cc1cc(N2CCOCC2=O)ccc1NC(N)=O. The van der Waals surface area contributed by atoms with E-state index in [1.54, 1.807) is 17.0 Å². The Kier molecular flexibility index (Phi) is 3.47. The van der Waals surface area contributed by atoms with Crippen molar-refractivity contribution in [3.05, 3.63) is 23.8 Å². The molecule has 1 heterocycles. The number of hydrogen-bond donors (Lipinski definition) is 2. The van der Waals surface area contributed by atoms with Gasteiger partial charge in [-0.3, -0.25) is 4.79 Å². The van der Waals surface area contributed by atoms with E-state index in [0.29, 0.717) is 18.8 Å². The van der Waals surface area contributed by atoms with Crippen LogP contribution < -0.4 is 16.0 Å². The molecule has 1 aliphatic rings. The van der Waals surface area contributed by atoms with Gasteiger partial charge in [-0.1, -0.05) is 0 Å². The molecule has 0 bridgehead atoms. The summed E-state index contributed by atoms with van der Waals surface area (Å²) in [5.41, 5.74) is 7.36. The van der Waals surface area contributed by atoms with Gasteiger partial charge in [0, 0.05) is 17.9 Å². The van der Waals surface area contributed by atoms with Crippen LogP contribution in [0.3, 0.4) is 0 Å². The minimum Gasteiger partial charge on any atom is -0.370 e. The molecular weight excluding hydrogens is 234 g/mol. The van der Waals surface area contributed by atoms with Crippen LogP contribution in [0.25, 0.3) is 0 Å². The molecule has 1 aromatic carbocycles. The lowest BCUT2D eigenvalue weighted by Crippen LogP contribution is -2.41. The first-order valence-corrected chi connectivity index (χ1v) is 5.63. The van der Waals surface area contributed by atoms with Crippen LogP contribution in [0.4, 0.5) is 16.2 Å². The van der Waals surface area contributed by atoms with E-state index in [0.717, 1.165) is 11.3 Å². The second-order valence-electron chi connectivity index (χ2n) is 4.09. The van der Waals surface area contributed by atoms with E-state index >= 15 is 0 Å². The number of nitrogens with two attached hydrogens (primary N) is 1. The number of nitrogens with zero attached hydrogens (tertiary/aromatic N) is 1. The molecule has 1 saturated heterocycles. The highest BCUT2D eigenvalue weighted by Gasteiger charge is 2.20. The molecule has 0 aliphatic carbocycles. The average molecular weight is 249 g/mol. The lowest BCUT2D eigenvalue weighted by molar-refractivity contribution is -0.125. The number of ether oxygens (including phenoxy) is 1. The number of amides is 3. The molecule has 1 aliphatic heterocycles. The standard InChI is InChI=1S/C12H15N3O3/c1-8-6-9(2-3-10(8)14-12(13)17)15-4-5-18-7-11(15)16/h2-3,6H,4-5,7H2,1H3,(H3,13,14,17). The smallest absolute Gasteiger partial charge is 0.316 e. The number of primary amides is 1. The van der Waals surface area contributed by atoms with Crippen LogP contribution in [0, 0.1) is 6.92 Å². The van der Waals surface area contributed by atoms with E-state index in [2.05, 4.69) is 5.32 Å². The minimum absolute atomic E-state index is 0.0590. The summed E-state index contributed by atoms with van der Waals surface area (Å²) in [6.45, 7) is 3.03. The number of carbonyl (C=O) groups excluding carboxylic acids is 2. The number of morpholine rings is 1. The van der Waals surface area contributed by atoms with Crippen LogP contribution in [0.1, 0.15) is 5.56 Å². The predicted octanol–water partition coefficient (Wildman–Crippen LogP) is 0.849. The van der Waals surface area contributed by atoms with E-state index in [1.807, 2.05) is 13.0 Å². The highest BCUT2D eigenvalue weighted by atomic mass is 16.5. The van der Waals surface area contributed by atoms with Crippen LogP contribution in [0.5, 0.6) is 0 Å². The van der Waals surface area contributed by atoms with Gasteiger partial charge in [0.1, 0.15) is 6.61 Å². The Morgan fingerprint density at radius 3 is 2.89 bits per heavy atom. The van der Waals surface area contributed by atoms with Crippen molar-refractivity contribution in [1.29, 1.82) is 0 Å². The van der Waals surface area contributed by atoms with Crippen LogP contribution in [-0.2, 0) is 9.53 Å². The summed E-state index contributed by atoms with van der Waals surface area (Å²) >= 11 is 0. The maximum Gasteiger partial charge on any atom is 0.316 e. The molecule has 6 heteroatoms. The molecule has 3 N–H and O–H groups in total. The van der Waals surface area contributed by atoms with Crippen molar-refractivity contribution in [3.8, 4) is 0 Å². The van der Waals surface area contributed by atoms with Crippen LogP contribution in [0.15, 0.2) is 18.2 Å². The second kappa shape index (κ2) is 5.05. The van der Waals surface area contributed by atoms with Crippen molar-refractivity contribution >= 4 is 23.3 Å². The zero-order chi connectivity index (χ0) is 13.1. The van der Waals surface area contributed by atoms with Crippen LogP contribution in [-0.4, -0.2) is 31.7 Å². The van der Waals surface area contributed by atoms with Crippen molar-refractivity contribution in [2.45, 2.75) is 6.92 Å². The van der Waals surface area contributed by atoms with Gasteiger partial charge in [0.25, 0.3) is 5.91 Å². The Hall–Kier alpha value is -2.08. The summed E-state index contributed by atoms with van der Waals surface area (Å²) in [6.07, 6.45) is 0. The minimum atomic E-state index is -0.603. The third-order valence-electron chi connectivity index (χ3n) is 2.77. The van der Waals surface area contributed by atoms with Crippen molar-refractivity contribution < 1.29 is 14.3 Å². The zero-order valence-electron chi connectivity index (χ0n) is 10.1. The average Bonchev–Trinajstić information content (AvgIpc) is 2.32. The lowest BCUT2D eigenvalue weighted by atomic mass is 10.1. The first-order chi connectivity index (χ1) is 8.58. The molecule has 18 heavy (non-hydrogen) atoms. The van der Waals surface area contributed by atoms with Gasteiger partial charge in [-0.2, -0.15) is 0 Å². The van der Waals surface area contributed by atoms with Crippen LogP contribution in [0.2, 0.25) is 0 Å². The maximum atomic E-state index is 11.7. The van der Waals surface area contributed by atoms with E-state index in [-0.39, 0.29) is 12.5 Å². The van der Waals surface area contributed by atoms with E-state index in [9.17, 15) is 9.59 Å². The third-order valence-corrected chi connectivity index (χ3v) is 2.77. The maximum absolute atomic E-state index is 11.7. The lowest BCUT2D eigenvalue weighted by Gasteiger charge is -2.27. The van der Waals surface area contributed by atoms with Gasteiger partial charge in [0.05, 0.1) is 6.61 Å². The van der Waals surface area contributed by atoms with E-state index < -0.39 is 6.03 Å². The number of hydrogen-bond acceptors (Lipinski definition) is 3. The van der Waals surface area contributed by atoms with Gasteiger partial charge < -0.3 is 20.7 Å². The van der Waals surface area contributed by atoms with Crippen molar-refractivity contribution in [2.75, 3.05) is 30.0 Å². The topological polar surface area (TPSA) is 84.7 Å². The van der Waals surface area contributed by atoms with E-state index in [1.165, 1.54) is 0 Å². The Morgan fingerprint density at radius 2 is 2.28 bits per heavy atom. The third kappa shape index (κ3) is 2.60. The summed E-state index contributed by atoms with van der Waals surface area (Å²) in [7, 11) is 0. The fraction of sp³-hybridized carbons (Fsp3) is 0.333. The molecule has 0 spiro atoms. The predicted molar refractivity (Wildman–Crippen MR) is 67.6 cm³/mol. The van der Waals surface area contributed by atoms with Gasteiger partial charge in [-0.25, -0.2) is 4.79 Å². The second-order valence-corrected chi connectivity index (χ2v) is 4.09. The summed E-state index contributed by atoms with van der Waals surface area (Å²) in [5, 5.41) is 2.53. The normalized spacial score (nSPS) is 15.6. The molecule has 0 aromatic heterocycles. The fourth-order valence-corrected chi connectivity index (χ4v) is 1.88. The molecule has 0 radical (unpaired) electrons. The number of rotatable bonds is 2. The molecular formula is C12H15N3O3.